The lowest BCUT2D eigenvalue weighted by atomic mass is 9.82. The largest absolute Gasteiger partial charge is 0.419 e. The van der Waals surface area contributed by atoms with E-state index in [0.717, 1.165) is 6.07 Å². The lowest BCUT2D eigenvalue weighted by Crippen LogP contribution is -2.54. The summed E-state index contributed by atoms with van der Waals surface area (Å²) in [5.74, 6) is -0.0637. The number of piperidine rings is 1. The van der Waals surface area contributed by atoms with Gasteiger partial charge >= 0.3 is 6.18 Å². The van der Waals surface area contributed by atoms with Gasteiger partial charge in [-0.1, -0.05) is 0 Å². The minimum Gasteiger partial charge on any atom is -0.390 e. The van der Waals surface area contributed by atoms with Crippen LogP contribution in [-0.2, 0) is 10.9 Å². The summed E-state index contributed by atoms with van der Waals surface area (Å²) in [4.78, 5) is 5.51. The van der Waals surface area contributed by atoms with Crippen molar-refractivity contribution in [1.29, 1.82) is 0 Å². The summed E-state index contributed by atoms with van der Waals surface area (Å²) >= 11 is 0. The molecular formula is C15H19F3N2O3. The van der Waals surface area contributed by atoms with Crippen LogP contribution in [-0.4, -0.2) is 52.7 Å². The number of aliphatic hydroxyl groups excluding tert-OH is 2. The van der Waals surface area contributed by atoms with Gasteiger partial charge in [0.2, 0.25) is 0 Å². The fraction of sp³-hybridized carbons (Fsp3) is 0.667. The van der Waals surface area contributed by atoms with E-state index in [2.05, 4.69) is 4.98 Å². The molecule has 0 unspecified atom stereocenters. The molecule has 23 heavy (non-hydrogen) atoms. The smallest absolute Gasteiger partial charge is 0.390 e. The van der Waals surface area contributed by atoms with Gasteiger partial charge in [0, 0.05) is 25.7 Å². The first kappa shape index (κ1) is 16.5. The van der Waals surface area contributed by atoms with Crippen LogP contribution in [0.3, 0.4) is 0 Å². The van der Waals surface area contributed by atoms with E-state index in [1.54, 1.807) is 4.90 Å². The Hall–Kier alpha value is -1.38. The second-order valence-electron chi connectivity index (χ2n) is 6.19. The first-order valence-electron chi connectivity index (χ1n) is 7.58. The molecule has 0 aromatic carbocycles. The van der Waals surface area contributed by atoms with E-state index in [9.17, 15) is 23.4 Å². The first-order valence-corrected chi connectivity index (χ1v) is 7.58. The molecule has 5 nitrogen and oxygen atoms in total. The van der Waals surface area contributed by atoms with Gasteiger partial charge in [-0.3, -0.25) is 0 Å². The highest BCUT2D eigenvalue weighted by Gasteiger charge is 2.44. The molecule has 1 aromatic heterocycles. The van der Waals surface area contributed by atoms with Crippen molar-refractivity contribution >= 4 is 5.82 Å². The summed E-state index contributed by atoms with van der Waals surface area (Å²) in [6.45, 7) is 0.782. The summed E-state index contributed by atoms with van der Waals surface area (Å²) in [5.41, 5.74) is -1.31. The predicted octanol–water partition coefficient (Wildman–Crippen LogP) is 1.58. The number of hydrogen-bond acceptors (Lipinski definition) is 5. The number of aliphatic hydroxyl groups is 2. The van der Waals surface area contributed by atoms with Gasteiger partial charge < -0.3 is 19.8 Å². The number of ether oxygens (including phenoxy) is 1. The van der Waals surface area contributed by atoms with Gasteiger partial charge in [-0.05, 0) is 25.0 Å². The van der Waals surface area contributed by atoms with Crippen LogP contribution in [0, 0.1) is 0 Å². The highest BCUT2D eigenvalue weighted by Crippen LogP contribution is 2.39. The lowest BCUT2D eigenvalue weighted by Gasteiger charge is -2.46. The predicted molar refractivity (Wildman–Crippen MR) is 76.0 cm³/mol. The minimum atomic E-state index is -4.44. The van der Waals surface area contributed by atoms with Gasteiger partial charge in [0.25, 0.3) is 0 Å². The molecule has 0 amide bonds. The average molecular weight is 332 g/mol. The third-order valence-electron chi connectivity index (χ3n) is 4.65. The average Bonchev–Trinajstić information content (AvgIpc) is 2.51. The summed E-state index contributed by atoms with van der Waals surface area (Å²) < 4.78 is 45.0. The molecule has 3 rings (SSSR count). The van der Waals surface area contributed by atoms with Crippen LogP contribution >= 0.6 is 0 Å². The normalized spacial score (nSPS) is 28.1. The Bertz CT molecular complexity index is 559. The van der Waals surface area contributed by atoms with Crippen molar-refractivity contribution in [2.45, 2.75) is 43.2 Å². The molecule has 1 aromatic rings. The Balaban J connectivity index is 1.73. The highest BCUT2D eigenvalue weighted by atomic mass is 19.4. The Labute approximate surface area is 131 Å². The molecule has 2 aliphatic rings. The molecule has 2 aliphatic heterocycles. The minimum absolute atomic E-state index is 0.0541. The molecule has 2 N–H and O–H groups in total. The van der Waals surface area contributed by atoms with Crippen LogP contribution in [0.2, 0.25) is 0 Å². The van der Waals surface area contributed by atoms with E-state index < -0.39 is 29.5 Å². The van der Waals surface area contributed by atoms with Crippen LogP contribution < -0.4 is 4.90 Å². The van der Waals surface area contributed by atoms with Crippen molar-refractivity contribution in [1.82, 2.24) is 4.98 Å². The van der Waals surface area contributed by atoms with E-state index in [1.165, 1.54) is 12.3 Å². The van der Waals surface area contributed by atoms with Crippen molar-refractivity contribution in [3.63, 3.8) is 0 Å². The quantitative estimate of drug-likeness (QED) is 0.817. The molecule has 128 valence electrons. The summed E-state index contributed by atoms with van der Waals surface area (Å²) in [6.07, 6.45) is -3.56. The maximum absolute atomic E-state index is 13.1. The van der Waals surface area contributed by atoms with Crippen molar-refractivity contribution < 1.29 is 28.1 Å². The SMILES string of the molecule is O[C@@H]1CC2(CCN(c3ncccc3C(F)(F)F)CC2)OC[C@@H]1O. The Morgan fingerprint density at radius 1 is 1.22 bits per heavy atom. The number of hydrogen-bond donors (Lipinski definition) is 2. The topological polar surface area (TPSA) is 65.8 Å². The molecule has 0 saturated carbocycles. The van der Waals surface area contributed by atoms with Crippen LogP contribution in [0.1, 0.15) is 24.8 Å². The zero-order valence-electron chi connectivity index (χ0n) is 12.5. The van der Waals surface area contributed by atoms with Gasteiger partial charge in [-0.15, -0.1) is 0 Å². The fourth-order valence-corrected chi connectivity index (χ4v) is 3.29. The molecule has 3 heterocycles. The number of alkyl halides is 3. The molecule has 1 spiro atoms. The number of rotatable bonds is 1. The van der Waals surface area contributed by atoms with Gasteiger partial charge in [-0.2, -0.15) is 13.2 Å². The number of nitrogens with zero attached hydrogens (tertiary/aromatic N) is 2. The summed E-state index contributed by atoms with van der Waals surface area (Å²) in [6, 6.07) is 2.31. The summed E-state index contributed by atoms with van der Waals surface area (Å²) in [7, 11) is 0. The van der Waals surface area contributed by atoms with Crippen LogP contribution in [0.4, 0.5) is 19.0 Å². The molecule has 8 heteroatoms. The maximum atomic E-state index is 13.1. The second-order valence-corrected chi connectivity index (χ2v) is 6.19. The number of aromatic nitrogens is 1. The van der Waals surface area contributed by atoms with Gasteiger partial charge in [-0.25, -0.2) is 4.98 Å². The number of halogens is 3. The zero-order chi connectivity index (χ0) is 16.7. The molecular weight excluding hydrogens is 313 g/mol. The Kier molecular flexibility index (Phi) is 4.24. The van der Waals surface area contributed by atoms with E-state index in [-0.39, 0.29) is 12.4 Å². The molecule has 2 saturated heterocycles. The van der Waals surface area contributed by atoms with Crippen LogP contribution in [0.5, 0.6) is 0 Å². The first-order chi connectivity index (χ1) is 10.8. The number of pyridine rings is 1. The molecule has 0 radical (unpaired) electrons. The highest BCUT2D eigenvalue weighted by molar-refractivity contribution is 5.48. The monoisotopic (exact) mass is 332 g/mol. The van der Waals surface area contributed by atoms with E-state index in [1.807, 2.05) is 0 Å². The molecule has 2 atom stereocenters. The van der Waals surface area contributed by atoms with E-state index in [4.69, 9.17) is 4.74 Å². The molecule has 0 bridgehead atoms. The Morgan fingerprint density at radius 3 is 2.52 bits per heavy atom. The molecule has 2 fully saturated rings. The Morgan fingerprint density at radius 2 is 1.91 bits per heavy atom. The van der Waals surface area contributed by atoms with Gasteiger partial charge in [0.1, 0.15) is 11.9 Å². The maximum Gasteiger partial charge on any atom is 0.419 e. The molecule has 0 aliphatic carbocycles. The van der Waals surface area contributed by atoms with Crippen molar-refractivity contribution in [3.8, 4) is 0 Å². The van der Waals surface area contributed by atoms with Crippen LogP contribution in [0.15, 0.2) is 18.3 Å². The van der Waals surface area contributed by atoms with Crippen molar-refractivity contribution in [2.24, 2.45) is 0 Å². The van der Waals surface area contributed by atoms with Gasteiger partial charge in [0.05, 0.1) is 23.9 Å². The van der Waals surface area contributed by atoms with Crippen molar-refractivity contribution in [3.05, 3.63) is 23.9 Å². The standard InChI is InChI=1S/C15H19F3N2O3/c16-15(17,18)10-2-1-5-19-13(10)20-6-3-14(4-7-20)8-11(21)12(22)9-23-14/h1-2,5,11-12,21-22H,3-4,6-9H2/t11-,12+/m1/s1. The fourth-order valence-electron chi connectivity index (χ4n) is 3.29. The third-order valence-corrected chi connectivity index (χ3v) is 4.65. The van der Waals surface area contributed by atoms with E-state index in [0.29, 0.717) is 32.4 Å². The second kappa shape index (κ2) is 5.92. The summed E-state index contributed by atoms with van der Waals surface area (Å²) in [5, 5.41) is 19.4. The lowest BCUT2D eigenvalue weighted by molar-refractivity contribution is -0.179. The zero-order valence-corrected chi connectivity index (χ0v) is 12.5. The van der Waals surface area contributed by atoms with Gasteiger partial charge in [0.15, 0.2) is 0 Å². The third kappa shape index (κ3) is 3.29. The number of anilines is 1. The van der Waals surface area contributed by atoms with Crippen molar-refractivity contribution in [2.75, 3.05) is 24.6 Å². The van der Waals surface area contributed by atoms with Crippen LogP contribution in [0.25, 0.3) is 0 Å². The van der Waals surface area contributed by atoms with E-state index >= 15 is 0 Å².